The van der Waals surface area contributed by atoms with Crippen LogP contribution in [0.2, 0.25) is 0 Å². The van der Waals surface area contributed by atoms with Crippen LogP contribution in [-0.4, -0.2) is 20.1 Å². The van der Waals surface area contributed by atoms with Gasteiger partial charge in [-0.3, -0.25) is 4.72 Å². The first-order valence-corrected chi connectivity index (χ1v) is 7.55. The minimum absolute atomic E-state index is 0.165. The Morgan fingerprint density at radius 3 is 2.60 bits per heavy atom. The number of anilines is 1. The van der Waals surface area contributed by atoms with Gasteiger partial charge in [0.15, 0.2) is 0 Å². The van der Waals surface area contributed by atoms with E-state index < -0.39 is 10.0 Å². The standard InChI is InChI=1S/C14H15NO4S/c1-2-19-12-7-5-6-11(10-12)15-20(17,18)14-9-4-3-8-13(14)16/h3-10,15-16H,2H2,1H3. The molecule has 2 N–H and O–H groups in total. The maximum Gasteiger partial charge on any atom is 0.265 e. The molecule has 0 heterocycles. The Morgan fingerprint density at radius 1 is 1.15 bits per heavy atom. The van der Waals surface area contributed by atoms with Crippen LogP contribution in [0.1, 0.15) is 6.92 Å². The zero-order valence-electron chi connectivity index (χ0n) is 10.9. The number of nitrogens with one attached hydrogen (secondary N) is 1. The molecule has 0 aliphatic rings. The fourth-order valence-corrected chi connectivity index (χ4v) is 2.86. The number of rotatable bonds is 5. The molecule has 5 nitrogen and oxygen atoms in total. The normalized spacial score (nSPS) is 11.1. The Bertz CT molecular complexity index is 698. The van der Waals surface area contributed by atoms with E-state index in [2.05, 4.69) is 4.72 Å². The lowest BCUT2D eigenvalue weighted by molar-refractivity contribution is 0.340. The first kappa shape index (κ1) is 14.2. The number of aromatic hydroxyl groups is 1. The molecule has 0 aromatic heterocycles. The third kappa shape index (κ3) is 3.21. The number of ether oxygens (including phenoxy) is 1. The Hall–Kier alpha value is -2.21. The van der Waals surface area contributed by atoms with Crippen molar-refractivity contribution in [1.29, 1.82) is 0 Å². The summed E-state index contributed by atoms with van der Waals surface area (Å²) in [5.74, 6) is 0.283. The van der Waals surface area contributed by atoms with E-state index in [9.17, 15) is 13.5 Å². The van der Waals surface area contributed by atoms with E-state index in [0.717, 1.165) is 0 Å². The van der Waals surface area contributed by atoms with Crippen molar-refractivity contribution in [3.05, 3.63) is 48.5 Å². The minimum Gasteiger partial charge on any atom is -0.507 e. The van der Waals surface area contributed by atoms with Gasteiger partial charge in [0.1, 0.15) is 16.4 Å². The molecule has 0 spiro atoms. The fraction of sp³-hybridized carbons (Fsp3) is 0.143. The molecule has 2 aromatic carbocycles. The molecule has 0 saturated carbocycles. The summed E-state index contributed by atoms with van der Waals surface area (Å²) in [5, 5.41) is 9.62. The van der Waals surface area contributed by atoms with Crippen molar-refractivity contribution in [3.8, 4) is 11.5 Å². The van der Waals surface area contributed by atoms with E-state index in [1.165, 1.54) is 12.1 Å². The van der Waals surface area contributed by atoms with Crippen molar-refractivity contribution in [2.75, 3.05) is 11.3 Å². The van der Waals surface area contributed by atoms with E-state index in [0.29, 0.717) is 18.0 Å². The lowest BCUT2D eigenvalue weighted by Crippen LogP contribution is -2.13. The maximum atomic E-state index is 12.2. The van der Waals surface area contributed by atoms with Crippen LogP contribution in [0, 0.1) is 0 Å². The SMILES string of the molecule is CCOc1cccc(NS(=O)(=O)c2ccccc2O)c1. The largest absolute Gasteiger partial charge is 0.507 e. The van der Waals surface area contributed by atoms with Gasteiger partial charge in [-0.1, -0.05) is 18.2 Å². The Morgan fingerprint density at radius 2 is 1.90 bits per heavy atom. The van der Waals surface area contributed by atoms with Gasteiger partial charge in [-0.25, -0.2) is 8.42 Å². The summed E-state index contributed by atoms with van der Waals surface area (Å²) in [6.07, 6.45) is 0. The fourth-order valence-electron chi connectivity index (χ4n) is 1.71. The van der Waals surface area contributed by atoms with Crippen LogP contribution in [0.5, 0.6) is 11.5 Å². The van der Waals surface area contributed by atoms with Crippen molar-refractivity contribution in [3.63, 3.8) is 0 Å². The predicted molar refractivity (Wildman–Crippen MR) is 76.5 cm³/mol. The zero-order chi connectivity index (χ0) is 14.6. The highest BCUT2D eigenvalue weighted by Gasteiger charge is 2.18. The van der Waals surface area contributed by atoms with Gasteiger partial charge in [0.2, 0.25) is 0 Å². The molecule has 20 heavy (non-hydrogen) atoms. The van der Waals surface area contributed by atoms with Crippen molar-refractivity contribution in [2.45, 2.75) is 11.8 Å². The molecule has 0 bridgehead atoms. The number of hydrogen-bond acceptors (Lipinski definition) is 4. The summed E-state index contributed by atoms with van der Waals surface area (Å²) in [7, 11) is -3.83. The average molecular weight is 293 g/mol. The number of sulfonamides is 1. The second kappa shape index (κ2) is 5.83. The number of benzene rings is 2. The number of phenols is 1. The lowest BCUT2D eigenvalue weighted by Gasteiger charge is -2.10. The molecule has 0 unspecified atom stereocenters. The van der Waals surface area contributed by atoms with Gasteiger partial charge in [0.05, 0.1) is 12.3 Å². The van der Waals surface area contributed by atoms with Gasteiger partial charge in [0, 0.05) is 6.07 Å². The highest BCUT2D eigenvalue weighted by molar-refractivity contribution is 7.92. The summed E-state index contributed by atoms with van der Waals surface area (Å²) in [6, 6.07) is 12.4. The number of para-hydroxylation sites is 1. The number of phenolic OH excluding ortho intramolecular Hbond substituents is 1. The molecule has 6 heteroatoms. The van der Waals surface area contributed by atoms with E-state index in [-0.39, 0.29) is 10.6 Å². The van der Waals surface area contributed by atoms with Gasteiger partial charge in [-0.2, -0.15) is 0 Å². The van der Waals surface area contributed by atoms with Crippen molar-refractivity contribution in [1.82, 2.24) is 0 Å². The predicted octanol–water partition coefficient (Wildman–Crippen LogP) is 2.59. The summed E-state index contributed by atoms with van der Waals surface area (Å²) >= 11 is 0. The van der Waals surface area contributed by atoms with Crippen molar-refractivity contribution in [2.24, 2.45) is 0 Å². The quantitative estimate of drug-likeness (QED) is 0.888. The molecule has 106 valence electrons. The van der Waals surface area contributed by atoms with Gasteiger partial charge < -0.3 is 9.84 Å². The third-order valence-electron chi connectivity index (χ3n) is 2.55. The van der Waals surface area contributed by atoms with Gasteiger partial charge >= 0.3 is 0 Å². The summed E-state index contributed by atoms with van der Waals surface area (Å²) < 4.78 is 32.1. The van der Waals surface area contributed by atoms with E-state index in [4.69, 9.17) is 4.74 Å². The Kier molecular flexibility index (Phi) is 4.14. The van der Waals surface area contributed by atoms with Crippen LogP contribution in [0.15, 0.2) is 53.4 Å². The minimum atomic E-state index is -3.83. The Labute approximate surface area is 117 Å². The molecule has 2 aromatic rings. The summed E-state index contributed by atoms with van der Waals surface area (Å²) in [6.45, 7) is 2.34. The van der Waals surface area contributed by atoms with E-state index in [1.807, 2.05) is 6.92 Å². The van der Waals surface area contributed by atoms with E-state index >= 15 is 0 Å². The van der Waals surface area contributed by atoms with Crippen LogP contribution in [-0.2, 0) is 10.0 Å². The second-order valence-electron chi connectivity index (χ2n) is 4.03. The highest BCUT2D eigenvalue weighted by Crippen LogP contribution is 2.25. The molecule has 0 amide bonds. The first-order chi connectivity index (χ1) is 9.53. The maximum absolute atomic E-state index is 12.2. The monoisotopic (exact) mass is 293 g/mol. The average Bonchev–Trinajstić information content (AvgIpc) is 2.39. The van der Waals surface area contributed by atoms with Crippen LogP contribution in [0.3, 0.4) is 0 Å². The van der Waals surface area contributed by atoms with Crippen molar-refractivity contribution < 1.29 is 18.3 Å². The van der Waals surface area contributed by atoms with E-state index in [1.54, 1.807) is 36.4 Å². The third-order valence-corrected chi connectivity index (χ3v) is 3.98. The van der Waals surface area contributed by atoms with Crippen LogP contribution >= 0.6 is 0 Å². The summed E-state index contributed by atoms with van der Waals surface area (Å²) in [5.41, 5.74) is 0.374. The molecule has 0 atom stereocenters. The molecule has 0 aliphatic heterocycles. The van der Waals surface area contributed by atoms with Crippen molar-refractivity contribution >= 4 is 15.7 Å². The topological polar surface area (TPSA) is 75.6 Å². The second-order valence-corrected chi connectivity index (χ2v) is 5.68. The molecule has 0 radical (unpaired) electrons. The lowest BCUT2D eigenvalue weighted by atomic mass is 10.3. The molecule has 0 saturated heterocycles. The molecule has 2 rings (SSSR count). The van der Waals surface area contributed by atoms with Crippen LogP contribution in [0.25, 0.3) is 0 Å². The zero-order valence-corrected chi connectivity index (χ0v) is 11.7. The first-order valence-electron chi connectivity index (χ1n) is 6.06. The van der Waals surface area contributed by atoms with Gasteiger partial charge in [-0.05, 0) is 31.2 Å². The molecular weight excluding hydrogens is 278 g/mol. The van der Waals surface area contributed by atoms with Crippen LogP contribution < -0.4 is 9.46 Å². The summed E-state index contributed by atoms with van der Waals surface area (Å²) in [4.78, 5) is -0.165. The molecular formula is C14H15NO4S. The van der Waals surface area contributed by atoms with Gasteiger partial charge in [-0.15, -0.1) is 0 Å². The van der Waals surface area contributed by atoms with Gasteiger partial charge in [0.25, 0.3) is 10.0 Å². The highest BCUT2D eigenvalue weighted by atomic mass is 32.2. The smallest absolute Gasteiger partial charge is 0.265 e. The molecule has 0 aliphatic carbocycles. The Balaban J connectivity index is 2.29. The van der Waals surface area contributed by atoms with Crippen LogP contribution in [0.4, 0.5) is 5.69 Å². The molecule has 0 fully saturated rings. The number of hydrogen-bond donors (Lipinski definition) is 2.